The smallest absolute Gasteiger partial charge is 0.303 e. The molecule has 0 spiro atoms. The van der Waals surface area contributed by atoms with Crippen molar-refractivity contribution < 1.29 is 19.4 Å². The van der Waals surface area contributed by atoms with Gasteiger partial charge >= 0.3 is 5.97 Å². The summed E-state index contributed by atoms with van der Waals surface area (Å²) in [7, 11) is 1.49. The van der Waals surface area contributed by atoms with Crippen LogP contribution in [0.25, 0.3) is 0 Å². The van der Waals surface area contributed by atoms with Crippen LogP contribution in [0.15, 0.2) is 12.1 Å². The SMILES string of the molecule is COc1cc(N)c(Cl)cc1C(=O)NCC1CCN(CCCC(=O)O)CC1. The van der Waals surface area contributed by atoms with E-state index in [1.807, 2.05) is 0 Å². The van der Waals surface area contributed by atoms with Gasteiger partial charge in [-0.05, 0) is 50.9 Å². The molecule has 0 radical (unpaired) electrons. The number of piperidine rings is 1. The van der Waals surface area contributed by atoms with Gasteiger partial charge in [0.2, 0.25) is 0 Å². The van der Waals surface area contributed by atoms with E-state index in [1.54, 1.807) is 6.07 Å². The summed E-state index contributed by atoms with van der Waals surface area (Å²) in [5, 5.41) is 12.0. The third-order valence-corrected chi connectivity index (χ3v) is 5.01. The monoisotopic (exact) mass is 383 g/mol. The van der Waals surface area contributed by atoms with Gasteiger partial charge in [-0.3, -0.25) is 9.59 Å². The van der Waals surface area contributed by atoms with Gasteiger partial charge < -0.3 is 25.8 Å². The fourth-order valence-electron chi connectivity index (χ4n) is 3.12. The highest BCUT2D eigenvalue weighted by molar-refractivity contribution is 6.33. The number of likely N-dealkylation sites (tertiary alicyclic amines) is 1. The van der Waals surface area contributed by atoms with Crippen molar-refractivity contribution in [2.24, 2.45) is 5.92 Å². The number of aliphatic carboxylic acids is 1. The van der Waals surface area contributed by atoms with E-state index in [9.17, 15) is 9.59 Å². The maximum atomic E-state index is 12.4. The number of rotatable bonds is 8. The Kier molecular flexibility index (Phi) is 7.53. The number of anilines is 1. The van der Waals surface area contributed by atoms with Crippen LogP contribution < -0.4 is 15.8 Å². The normalized spacial score (nSPS) is 15.6. The molecule has 4 N–H and O–H groups in total. The first-order chi connectivity index (χ1) is 12.4. The van der Waals surface area contributed by atoms with E-state index in [1.165, 1.54) is 13.2 Å². The second-order valence-corrected chi connectivity index (χ2v) is 6.97. The minimum Gasteiger partial charge on any atom is -0.496 e. The summed E-state index contributed by atoms with van der Waals surface area (Å²) in [6.45, 7) is 3.26. The molecule has 0 aromatic heterocycles. The van der Waals surface area contributed by atoms with E-state index in [4.69, 9.17) is 27.2 Å². The minimum absolute atomic E-state index is 0.210. The number of methoxy groups -OCH3 is 1. The molecule has 144 valence electrons. The van der Waals surface area contributed by atoms with E-state index >= 15 is 0 Å². The molecule has 1 aliphatic heterocycles. The van der Waals surface area contributed by atoms with Gasteiger partial charge in [-0.25, -0.2) is 0 Å². The molecule has 7 nitrogen and oxygen atoms in total. The minimum atomic E-state index is -0.749. The fraction of sp³-hybridized carbons (Fsp3) is 0.556. The van der Waals surface area contributed by atoms with Gasteiger partial charge in [-0.1, -0.05) is 11.6 Å². The number of amides is 1. The van der Waals surface area contributed by atoms with Crippen molar-refractivity contribution in [2.45, 2.75) is 25.7 Å². The van der Waals surface area contributed by atoms with Gasteiger partial charge in [-0.15, -0.1) is 0 Å². The number of nitrogens with zero attached hydrogens (tertiary/aromatic N) is 1. The number of hydrogen-bond donors (Lipinski definition) is 3. The number of benzene rings is 1. The van der Waals surface area contributed by atoms with Crippen molar-refractivity contribution in [1.82, 2.24) is 10.2 Å². The Morgan fingerprint density at radius 2 is 2.08 bits per heavy atom. The maximum Gasteiger partial charge on any atom is 0.303 e. The van der Waals surface area contributed by atoms with Crippen molar-refractivity contribution >= 4 is 29.2 Å². The number of nitrogens with two attached hydrogens (primary N) is 1. The number of hydrogen-bond acceptors (Lipinski definition) is 5. The third-order valence-electron chi connectivity index (χ3n) is 4.69. The second kappa shape index (κ2) is 9.64. The van der Waals surface area contributed by atoms with Gasteiger partial charge in [0, 0.05) is 19.0 Å². The summed E-state index contributed by atoms with van der Waals surface area (Å²) >= 11 is 6.01. The highest BCUT2D eigenvalue weighted by atomic mass is 35.5. The lowest BCUT2D eigenvalue weighted by Gasteiger charge is -2.31. The summed E-state index contributed by atoms with van der Waals surface area (Å²) in [6.07, 6.45) is 2.84. The molecule has 0 aliphatic carbocycles. The number of carbonyl (C=O) groups is 2. The fourth-order valence-corrected chi connectivity index (χ4v) is 3.28. The van der Waals surface area contributed by atoms with E-state index in [-0.39, 0.29) is 12.3 Å². The molecule has 1 saturated heterocycles. The van der Waals surface area contributed by atoms with Crippen LogP contribution in [-0.2, 0) is 4.79 Å². The Hall–Kier alpha value is -1.99. The van der Waals surface area contributed by atoms with Crippen LogP contribution in [0.2, 0.25) is 5.02 Å². The molecule has 0 bridgehead atoms. The molecule has 1 aromatic carbocycles. The zero-order valence-corrected chi connectivity index (χ0v) is 15.7. The standard InChI is InChI=1S/C18H26ClN3O4/c1-26-16-10-15(20)14(19)9-13(16)18(25)21-11-12-4-7-22(8-5-12)6-2-3-17(23)24/h9-10,12H,2-8,11,20H2,1H3,(H,21,25)(H,23,24). The number of halogens is 1. The highest BCUT2D eigenvalue weighted by Gasteiger charge is 2.21. The quantitative estimate of drug-likeness (QED) is 0.594. The molecular formula is C18H26ClN3O4. The number of nitrogens with one attached hydrogen (secondary N) is 1. The summed E-state index contributed by atoms with van der Waals surface area (Å²) in [5.74, 6) is -0.170. The molecule has 0 atom stereocenters. The van der Waals surface area contributed by atoms with Crippen molar-refractivity contribution in [2.75, 3.05) is 39.0 Å². The predicted molar refractivity (Wildman–Crippen MR) is 101 cm³/mol. The molecule has 1 aromatic rings. The first-order valence-electron chi connectivity index (χ1n) is 8.76. The summed E-state index contributed by atoms with van der Waals surface area (Å²) in [4.78, 5) is 25.3. The van der Waals surface area contributed by atoms with Crippen LogP contribution in [0, 0.1) is 5.92 Å². The topological polar surface area (TPSA) is 105 Å². The van der Waals surface area contributed by atoms with Gasteiger partial charge in [-0.2, -0.15) is 0 Å². The molecule has 26 heavy (non-hydrogen) atoms. The van der Waals surface area contributed by atoms with E-state index in [0.717, 1.165) is 32.5 Å². The molecule has 1 aliphatic rings. The average Bonchev–Trinajstić information content (AvgIpc) is 2.62. The molecular weight excluding hydrogens is 358 g/mol. The molecule has 1 amide bonds. The second-order valence-electron chi connectivity index (χ2n) is 6.57. The van der Waals surface area contributed by atoms with Crippen LogP contribution in [0.5, 0.6) is 5.75 Å². The van der Waals surface area contributed by atoms with Crippen LogP contribution in [0.1, 0.15) is 36.0 Å². The summed E-state index contributed by atoms with van der Waals surface area (Å²) in [6, 6.07) is 3.07. The molecule has 0 unspecified atom stereocenters. The zero-order chi connectivity index (χ0) is 19.1. The third kappa shape index (κ3) is 5.78. The first-order valence-corrected chi connectivity index (χ1v) is 9.14. The van der Waals surface area contributed by atoms with Crippen LogP contribution in [0.4, 0.5) is 5.69 Å². The average molecular weight is 384 g/mol. The van der Waals surface area contributed by atoms with Gasteiger partial charge in [0.05, 0.1) is 23.4 Å². The lowest BCUT2D eigenvalue weighted by Crippen LogP contribution is -2.39. The van der Waals surface area contributed by atoms with Crippen LogP contribution >= 0.6 is 11.6 Å². The zero-order valence-electron chi connectivity index (χ0n) is 15.0. The molecule has 8 heteroatoms. The number of ether oxygens (including phenoxy) is 1. The van der Waals surface area contributed by atoms with E-state index in [2.05, 4.69) is 10.2 Å². The summed E-state index contributed by atoms with van der Waals surface area (Å²) in [5.41, 5.74) is 6.48. The van der Waals surface area contributed by atoms with Crippen molar-refractivity contribution in [1.29, 1.82) is 0 Å². The number of carboxylic acid groups (broad SMARTS) is 1. The predicted octanol–water partition coefficient (Wildman–Crippen LogP) is 2.24. The lowest BCUT2D eigenvalue weighted by molar-refractivity contribution is -0.137. The molecule has 1 fully saturated rings. The Labute approximate surface area is 158 Å². The first kappa shape index (κ1) is 20.3. The lowest BCUT2D eigenvalue weighted by atomic mass is 9.96. The Morgan fingerprint density at radius 3 is 2.69 bits per heavy atom. The van der Waals surface area contributed by atoms with Crippen LogP contribution in [-0.4, -0.2) is 55.2 Å². The number of nitrogen functional groups attached to an aromatic ring is 1. The van der Waals surface area contributed by atoms with Crippen molar-refractivity contribution in [3.05, 3.63) is 22.7 Å². The van der Waals surface area contributed by atoms with Gasteiger partial charge in [0.15, 0.2) is 0 Å². The van der Waals surface area contributed by atoms with E-state index < -0.39 is 5.97 Å². The highest BCUT2D eigenvalue weighted by Crippen LogP contribution is 2.29. The molecule has 2 rings (SSSR count). The van der Waals surface area contributed by atoms with Crippen LogP contribution in [0.3, 0.4) is 0 Å². The maximum absolute atomic E-state index is 12.4. The van der Waals surface area contributed by atoms with E-state index in [0.29, 0.717) is 40.9 Å². The Balaban J connectivity index is 1.79. The van der Waals surface area contributed by atoms with Crippen molar-refractivity contribution in [3.63, 3.8) is 0 Å². The van der Waals surface area contributed by atoms with Gasteiger partial charge in [0.25, 0.3) is 5.91 Å². The van der Waals surface area contributed by atoms with Gasteiger partial charge in [0.1, 0.15) is 5.75 Å². The summed E-state index contributed by atoms with van der Waals surface area (Å²) < 4.78 is 5.21. The van der Waals surface area contributed by atoms with Crippen molar-refractivity contribution in [3.8, 4) is 5.75 Å². The number of carboxylic acids is 1. The Morgan fingerprint density at radius 1 is 1.38 bits per heavy atom. The Bertz CT molecular complexity index is 646. The largest absolute Gasteiger partial charge is 0.496 e. The number of carbonyl (C=O) groups excluding carboxylic acids is 1. The molecule has 1 heterocycles. The molecule has 0 saturated carbocycles.